The fourth-order valence-corrected chi connectivity index (χ4v) is 7.37. The maximum Gasteiger partial charge on any atom is 0.410 e. The summed E-state index contributed by atoms with van der Waals surface area (Å²) in [6.45, 7) is 5.20. The van der Waals surface area contributed by atoms with Crippen molar-refractivity contribution in [2.24, 2.45) is 11.8 Å². The largest absolute Gasteiger partial charge is 0.444 e. The first kappa shape index (κ1) is 49.2. The first-order valence-electron chi connectivity index (χ1n) is 21.2. The standard InChI is InChI=1S/C43H60N10O10/c1-7-14-29(36(56)40(60)47-23-33(55)50-35(41(61)52(5)6)27-17-12-9-13-18-27)49-37(57)28-24-53(42(62)63-43(2,3)4)25-31(28)48-32(54)22-46-39(59)34(26-15-10-8-11-16-26)51-38(58)30-21-44-19-20-45-30/h9,12-13,17-21,26,28-29,31,34-35H,7-8,10-11,14-16,22-25H2,1-6H3,(H,46,59)(H,47,60)(H,48,54)(H,49,57)(H,50,55)(H,51,58)/t28?,29-,31?,34-,35-/m0/s1. The van der Waals surface area contributed by atoms with Gasteiger partial charge in [0.1, 0.15) is 23.4 Å². The van der Waals surface area contributed by atoms with Crippen molar-refractivity contribution in [3.63, 3.8) is 0 Å². The first-order valence-corrected chi connectivity index (χ1v) is 21.2. The summed E-state index contributed by atoms with van der Waals surface area (Å²) in [5, 5.41) is 15.5. The van der Waals surface area contributed by atoms with Crippen LogP contribution in [0.15, 0.2) is 48.9 Å². The summed E-state index contributed by atoms with van der Waals surface area (Å²) in [4.78, 5) is 130. The molecular weight excluding hydrogens is 817 g/mol. The minimum atomic E-state index is -1.34. The predicted molar refractivity (Wildman–Crippen MR) is 227 cm³/mol. The molecule has 8 amide bonds. The van der Waals surface area contributed by atoms with Crippen LogP contribution in [0.25, 0.3) is 0 Å². The molecule has 1 aliphatic heterocycles. The molecular formula is C43H60N10O10. The number of carbonyl (C=O) groups excluding carboxylic acids is 9. The van der Waals surface area contributed by atoms with Crippen molar-refractivity contribution in [3.8, 4) is 0 Å². The third-order valence-corrected chi connectivity index (χ3v) is 10.5. The number of aromatic nitrogens is 2. The Morgan fingerprint density at radius 3 is 2.16 bits per heavy atom. The van der Waals surface area contributed by atoms with Crippen molar-refractivity contribution in [3.05, 3.63) is 60.2 Å². The Hall–Kier alpha value is -6.47. The van der Waals surface area contributed by atoms with Gasteiger partial charge in [-0.05, 0) is 51.5 Å². The third-order valence-electron chi connectivity index (χ3n) is 10.5. The summed E-state index contributed by atoms with van der Waals surface area (Å²) in [6, 6.07) is 4.14. The lowest BCUT2D eigenvalue weighted by molar-refractivity contribution is -0.141. The minimum Gasteiger partial charge on any atom is -0.444 e. The zero-order valence-electron chi connectivity index (χ0n) is 36.7. The normalized spacial score (nSPS) is 17.8. The number of hydrogen-bond acceptors (Lipinski definition) is 12. The van der Waals surface area contributed by atoms with E-state index < -0.39 is 102 Å². The number of carbonyl (C=O) groups is 9. The Morgan fingerprint density at radius 2 is 1.54 bits per heavy atom. The lowest BCUT2D eigenvalue weighted by Crippen LogP contribution is -2.55. The van der Waals surface area contributed by atoms with Crippen LogP contribution in [0.2, 0.25) is 0 Å². The van der Waals surface area contributed by atoms with Gasteiger partial charge >= 0.3 is 6.09 Å². The molecule has 2 unspecified atom stereocenters. The van der Waals surface area contributed by atoms with E-state index in [9.17, 15) is 43.2 Å². The van der Waals surface area contributed by atoms with E-state index in [1.54, 1.807) is 58.0 Å². The van der Waals surface area contributed by atoms with Crippen LogP contribution in [0, 0.1) is 11.8 Å². The molecule has 1 aromatic carbocycles. The van der Waals surface area contributed by atoms with Crippen molar-refractivity contribution < 1.29 is 47.9 Å². The molecule has 0 bridgehead atoms. The smallest absolute Gasteiger partial charge is 0.410 e. The topological polar surface area (TPSA) is 267 Å². The molecule has 1 aromatic heterocycles. The number of hydrogen-bond donors (Lipinski definition) is 6. The summed E-state index contributed by atoms with van der Waals surface area (Å²) >= 11 is 0. The minimum absolute atomic E-state index is 0.0296. The molecule has 2 heterocycles. The molecule has 63 heavy (non-hydrogen) atoms. The van der Waals surface area contributed by atoms with Crippen LogP contribution < -0.4 is 31.9 Å². The molecule has 5 atom stereocenters. The second-order valence-electron chi connectivity index (χ2n) is 16.9. The van der Waals surface area contributed by atoms with Crippen LogP contribution in [0.3, 0.4) is 0 Å². The molecule has 20 heteroatoms. The summed E-state index contributed by atoms with van der Waals surface area (Å²) in [5.74, 6) is -7.26. The van der Waals surface area contributed by atoms with E-state index in [1.165, 1.54) is 42.5 Å². The number of rotatable bonds is 18. The Bertz CT molecular complexity index is 1950. The third kappa shape index (κ3) is 14.8. The summed E-state index contributed by atoms with van der Waals surface area (Å²) in [6.07, 6.45) is 7.84. The van der Waals surface area contributed by atoms with Crippen LogP contribution in [-0.4, -0.2) is 137 Å². The van der Waals surface area contributed by atoms with Crippen LogP contribution in [-0.2, 0) is 38.3 Å². The molecule has 6 N–H and O–H groups in total. The molecule has 4 rings (SSSR count). The Morgan fingerprint density at radius 1 is 0.857 bits per heavy atom. The van der Waals surface area contributed by atoms with Gasteiger partial charge in [-0.3, -0.25) is 43.3 Å². The monoisotopic (exact) mass is 876 g/mol. The first-order chi connectivity index (χ1) is 29.9. The number of benzene rings is 1. The number of ketones is 1. The van der Waals surface area contributed by atoms with E-state index in [0.717, 1.165) is 19.3 Å². The number of likely N-dealkylation sites (N-methyl/N-ethyl adjacent to an activating group) is 1. The second kappa shape index (κ2) is 23.1. The average molecular weight is 877 g/mol. The van der Waals surface area contributed by atoms with Gasteiger partial charge in [0.15, 0.2) is 0 Å². The number of likely N-dealkylation sites (tertiary alicyclic amines) is 1. The van der Waals surface area contributed by atoms with Crippen molar-refractivity contribution in [1.82, 2.24) is 51.7 Å². The highest BCUT2D eigenvalue weighted by Crippen LogP contribution is 2.27. The quantitative estimate of drug-likeness (QED) is 0.112. The fraction of sp³-hybridized carbons (Fsp3) is 0.558. The van der Waals surface area contributed by atoms with Gasteiger partial charge in [0.25, 0.3) is 11.8 Å². The highest BCUT2D eigenvalue weighted by Gasteiger charge is 2.43. The highest BCUT2D eigenvalue weighted by molar-refractivity contribution is 6.38. The van der Waals surface area contributed by atoms with Gasteiger partial charge in [-0.15, -0.1) is 0 Å². The number of Topliss-reactive ketones (excluding diaryl/α,β-unsaturated/α-hetero) is 1. The Balaban J connectivity index is 1.42. The van der Waals surface area contributed by atoms with E-state index in [4.69, 9.17) is 4.74 Å². The number of nitrogens with zero attached hydrogens (tertiary/aromatic N) is 4. The molecule has 0 spiro atoms. The number of amides is 8. The number of nitrogens with one attached hydrogen (secondary N) is 6. The SMILES string of the molecule is CCC[C@H](NC(=O)C1CN(C(=O)OC(C)(C)C)CC1NC(=O)CNC(=O)[C@@H](NC(=O)c1cnccn1)C1CCCCC1)C(=O)C(=O)NCC(=O)N[C@H](C(=O)N(C)C)c1ccccc1. The van der Waals surface area contributed by atoms with E-state index in [-0.39, 0.29) is 31.1 Å². The van der Waals surface area contributed by atoms with Crippen molar-refractivity contribution >= 4 is 53.2 Å². The van der Waals surface area contributed by atoms with Crippen LogP contribution in [0.4, 0.5) is 4.79 Å². The van der Waals surface area contributed by atoms with Crippen LogP contribution in [0.1, 0.15) is 94.7 Å². The molecule has 2 aromatic rings. The molecule has 1 aliphatic carbocycles. The Kier molecular flexibility index (Phi) is 18.0. The molecule has 1 saturated heterocycles. The molecule has 2 fully saturated rings. The summed E-state index contributed by atoms with van der Waals surface area (Å²) in [5.41, 5.74) is -0.342. The number of ether oxygens (including phenoxy) is 1. The van der Waals surface area contributed by atoms with Crippen molar-refractivity contribution in [1.29, 1.82) is 0 Å². The summed E-state index contributed by atoms with van der Waals surface area (Å²) < 4.78 is 5.52. The second-order valence-corrected chi connectivity index (χ2v) is 16.9. The average Bonchev–Trinajstić information content (AvgIpc) is 3.69. The molecule has 2 aliphatic rings. The Labute approximate surface area is 366 Å². The van der Waals surface area contributed by atoms with Gasteiger partial charge in [-0.1, -0.05) is 62.9 Å². The molecule has 20 nitrogen and oxygen atoms in total. The molecule has 0 radical (unpaired) electrons. The lowest BCUT2D eigenvalue weighted by Gasteiger charge is -2.30. The van der Waals surface area contributed by atoms with Crippen LogP contribution >= 0.6 is 0 Å². The van der Waals surface area contributed by atoms with Gasteiger partial charge in [-0.2, -0.15) is 0 Å². The van der Waals surface area contributed by atoms with Crippen LogP contribution in [0.5, 0.6) is 0 Å². The predicted octanol–water partition coefficient (Wildman–Crippen LogP) is 0.539. The fourth-order valence-electron chi connectivity index (χ4n) is 7.37. The van der Waals surface area contributed by atoms with Gasteiger partial charge < -0.3 is 46.4 Å². The van der Waals surface area contributed by atoms with E-state index in [1.807, 2.05) is 0 Å². The summed E-state index contributed by atoms with van der Waals surface area (Å²) in [7, 11) is 3.07. The highest BCUT2D eigenvalue weighted by atomic mass is 16.6. The van der Waals surface area contributed by atoms with E-state index in [2.05, 4.69) is 41.9 Å². The van der Waals surface area contributed by atoms with E-state index >= 15 is 0 Å². The van der Waals surface area contributed by atoms with Gasteiger partial charge in [0, 0.05) is 39.6 Å². The molecule has 1 saturated carbocycles. The molecule has 342 valence electrons. The van der Waals surface area contributed by atoms with E-state index in [0.29, 0.717) is 24.8 Å². The lowest BCUT2D eigenvalue weighted by atomic mass is 9.83. The van der Waals surface area contributed by atoms with Crippen molar-refractivity contribution in [2.75, 3.05) is 40.3 Å². The zero-order chi connectivity index (χ0) is 46.3. The maximum atomic E-state index is 13.9. The van der Waals surface area contributed by atoms with Gasteiger partial charge in [0.2, 0.25) is 35.3 Å². The van der Waals surface area contributed by atoms with Crippen molar-refractivity contribution in [2.45, 2.75) is 102 Å². The van der Waals surface area contributed by atoms with Gasteiger partial charge in [0.05, 0.1) is 37.3 Å². The zero-order valence-corrected chi connectivity index (χ0v) is 36.7. The maximum absolute atomic E-state index is 13.9. The van der Waals surface area contributed by atoms with Gasteiger partial charge in [-0.25, -0.2) is 9.78 Å².